The van der Waals surface area contributed by atoms with E-state index in [2.05, 4.69) is 26.6 Å². The summed E-state index contributed by atoms with van der Waals surface area (Å²) in [4.78, 5) is 94.4. The highest BCUT2D eigenvalue weighted by molar-refractivity contribution is 5.96. The van der Waals surface area contributed by atoms with E-state index in [1.54, 1.807) is 54.6 Å². The molecule has 0 radical (unpaired) electrons. The Bertz CT molecular complexity index is 1970. The summed E-state index contributed by atoms with van der Waals surface area (Å²) in [5.74, 6) is -4.54. The third-order valence-corrected chi connectivity index (χ3v) is 10.3. The number of nitrogens with zero attached hydrogens (tertiary/aromatic N) is 1. The summed E-state index contributed by atoms with van der Waals surface area (Å²) < 4.78 is 0. The second kappa shape index (κ2) is 23.3. The van der Waals surface area contributed by atoms with Crippen LogP contribution in [0.2, 0.25) is 0 Å². The molecule has 6 unspecified atom stereocenters. The van der Waals surface area contributed by atoms with Crippen molar-refractivity contribution in [2.45, 2.75) is 94.5 Å². The zero-order valence-electron chi connectivity index (χ0n) is 34.2. The number of nitrogens with two attached hydrogens (primary N) is 3. The van der Waals surface area contributed by atoms with Crippen LogP contribution in [0.3, 0.4) is 0 Å². The lowest BCUT2D eigenvalue weighted by Gasteiger charge is -2.30. The number of carbonyl (C=O) groups excluding carboxylic acids is 7. The molecule has 3 aromatic rings. The number of rotatable bonds is 22. The lowest BCUT2D eigenvalue weighted by molar-refractivity contribution is -0.142. The fourth-order valence-electron chi connectivity index (χ4n) is 6.87. The van der Waals surface area contributed by atoms with Crippen molar-refractivity contribution in [3.05, 3.63) is 95.6 Å². The standard InChI is InChI=1S/C43H57N9O9/c1-26(48-40(58)32(45)22-28-12-16-30(53)17-13-28)39(57)51-34(23-27-8-3-2-4-9-27)41(59)47-25-37(55)49-35(24-29-14-18-31(54)19-15-29)43(61)52-21-7-11-36(52)42(60)50-33(38(46)56)10-5-6-20-44/h2-4,8-9,12-19,26,32-36,53-54H,5-7,10-11,20-25,44-45H2,1H3,(H2,46,56)(H,47,59)(H,48,58)(H,49,55)(H,50,60)(H,51,57). The fraction of sp³-hybridized carbons (Fsp3) is 0.419. The Balaban J connectivity index is 1.42. The number of hydrogen-bond acceptors (Lipinski definition) is 11. The molecule has 61 heavy (non-hydrogen) atoms. The van der Waals surface area contributed by atoms with Crippen LogP contribution in [0.15, 0.2) is 78.9 Å². The number of amides is 7. The van der Waals surface area contributed by atoms with Gasteiger partial charge in [0, 0.05) is 19.4 Å². The molecule has 0 aliphatic carbocycles. The van der Waals surface area contributed by atoms with Crippen LogP contribution in [0.4, 0.5) is 0 Å². The number of benzene rings is 3. The third-order valence-electron chi connectivity index (χ3n) is 10.3. The van der Waals surface area contributed by atoms with Crippen molar-refractivity contribution in [1.29, 1.82) is 0 Å². The second-order valence-electron chi connectivity index (χ2n) is 15.1. The van der Waals surface area contributed by atoms with Gasteiger partial charge in [0.05, 0.1) is 12.6 Å². The van der Waals surface area contributed by atoms with Crippen molar-refractivity contribution in [3.8, 4) is 11.5 Å². The number of carbonyl (C=O) groups is 7. The van der Waals surface area contributed by atoms with Crippen LogP contribution in [-0.2, 0) is 52.8 Å². The van der Waals surface area contributed by atoms with Gasteiger partial charge in [0.25, 0.3) is 0 Å². The number of unbranched alkanes of at least 4 members (excludes halogenated alkanes) is 1. The Kier molecular flexibility index (Phi) is 18.0. The SMILES string of the molecule is CC(NC(=O)C(N)Cc1ccc(O)cc1)C(=O)NC(Cc1ccccc1)C(=O)NCC(=O)NC(Cc1ccc(O)cc1)C(=O)N1CCCC1C(=O)NC(CCCCN)C(N)=O. The Morgan fingerprint density at radius 2 is 1.30 bits per heavy atom. The molecule has 1 fully saturated rings. The average molecular weight is 844 g/mol. The molecular formula is C43H57N9O9. The number of aromatic hydroxyl groups is 2. The van der Waals surface area contributed by atoms with E-state index in [1.807, 2.05) is 0 Å². The summed E-state index contributed by atoms with van der Waals surface area (Å²) in [6.45, 7) is 1.46. The monoisotopic (exact) mass is 843 g/mol. The normalized spacial score (nSPS) is 15.9. The van der Waals surface area contributed by atoms with E-state index < -0.39 is 84.1 Å². The first-order valence-corrected chi connectivity index (χ1v) is 20.3. The van der Waals surface area contributed by atoms with Crippen molar-refractivity contribution in [1.82, 2.24) is 31.5 Å². The Morgan fingerprint density at radius 3 is 1.90 bits per heavy atom. The minimum atomic E-state index is -1.21. The van der Waals surface area contributed by atoms with Crippen molar-refractivity contribution in [2.75, 3.05) is 19.6 Å². The molecule has 1 heterocycles. The quantitative estimate of drug-likeness (QED) is 0.0555. The van der Waals surface area contributed by atoms with Crippen LogP contribution in [0.1, 0.15) is 55.7 Å². The summed E-state index contributed by atoms with van der Waals surface area (Å²) in [6, 6.07) is 14.6. The molecule has 1 aliphatic heterocycles. The topological polar surface area (TPSA) is 301 Å². The summed E-state index contributed by atoms with van der Waals surface area (Å²) in [5, 5.41) is 32.5. The van der Waals surface area contributed by atoms with Crippen LogP contribution in [-0.4, -0.2) is 112 Å². The molecule has 0 bridgehead atoms. The molecule has 1 aliphatic rings. The minimum Gasteiger partial charge on any atom is -0.508 e. The highest BCUT2D eigenvalue weighted by Crippen LogP contribution is 2.21. The van der Waals surface area contributed by atoms with Crippen LogP contribution in [0.25, 0.3) is 0 Å². The van der Waals surface area contributed by atoms with Crippen LogP contribution in [0.5, 0.6) is 11.5 Å². The number of hydrogen-bond donors (Lipinski definition) is 10. The largest absolute Gasteiger partial charge is 0.508 e. The number of likely N-dealkylation sites (tertiary alicyclic amines) is 1. The van der Waals surface area contributed by atoms with Gasteiger partial charge < -0.3 is 58.9 Å². The summed E-state index contributed by atoms with van der Waals surface area (Å²) >= 11 is 0. The molecule has 0 saturated carbocycles. The molecular weight excluding hydrogens is 787 g/mol. The van der Waals surface area contributed by atoms with E-state index in [9.17, 15) is 43.8 Å². The molecule has 18 heteroatoms. The van der Waals surface area contributed by atoms with Crippen LogP contribution >= 0.6 is 0 Å². The summed E-state index contributed by atoms with van der Waals surface area (Å²) in [6.07, 6.45) is 2.42. The highest BCUT2D eigenvalue weighted by Gasteiger charge is 2.39. The lowest BCUT2D eigenvalue weighted by atomic mass is 10.0. The zero-order valence-corrected chi connectivity index (χ0v) is 34.2. The zero-order chi connectivity index (χ0) is 44.5. The Labute approximate surface area is 354 Å². The van der Waals surface area contributed by atoms with Gasteiger partial charge in [0.1, 0.15) is 41.7 Å². The number of phenolic OH excluding ortho intramolecular Hbond substituents is 2. The predicted molar refractivity (Wildman–Crippen MR) is 225 cm³/mol. The number of phenols is 2. The molecule has 6 atom stereocenters. The predicted octanol–water partition coefficient (Wildman–Crippen LogP) is -0.866. The summed E-state index contributed by atoms with van der Waals surface area (Å²) in [5.41, 5.74) is 19.2. The molecule has 7 amide bonds. The van der Waals surface area contributed by atoms with Crippen LogP contribution in [0, 0.1) is 0 Å². The van der Waals surface area contributed by atoms with Gasteiger partial charge in [0.2, 0.25) is 41.4 Å². The van der Waals surface area contributed by atoms with Gasteiger partial charge in [-0.2, -0.15) is 0 Å². The Morgan fingerprint density at radius 1 is 0.705 bits per heavy atom. The van der Waals surface area contributed by atoms with Gasteiger partial charge in [0.15, 0.2) is 0 Å². The number of primary amides is 1. The maximum atomic E-state index is 14.1. The average Bonchev–Trinajstić information content (AvgIpc) is 3.74. The molecule has 1 saturated heterocycles. The van der Waals surface area contributed by atoms with Crippen LogP contribution < -0.4 is 43.8 Å². The molecule has 0 aromatic heterocycles. The molecule has 13 N–H and O–H groups in total. The van der Waals surface area contributed by atoms with Gasteiger partial charge in [-0.25, -0.2) is 0 Å². The Hall–Kier alpha value is -6.53. The van der Waals surface area contributed by atoms with Crippen molar-refractivity contribution in [2.24, 2.45) is 17.2 Å². The van der Waals surface area contributed by atoms with E-state index in [1.165, 1.54) is 36.1 Å². The minimum absolute atomic E-state index is 0.00627. The molecule has 3 aromatic carbocycles. The van der Waals surface area contributed by atoms with Crippen molar-refractivity contribution >= 4 is 41.4 Å². The van der Waals surface area contributed by atoms with Gasteiger partial charge in [-0.1, -0.05) is 54.6 Å². The fourth-order valence-corrected chi connectivity index (χ4v) is 6.87. The first kappa shape index (κ1) is 47.2. The van der Waals surface area contributed by atoms with E-state index in [0.717, 1.165) is 0 Å². The lowest BCUT2D eigenvalue weighted by Crippen LogP contribution is -2.58. The molecule has 328 valence electrons. The van der Waals surface area contributed by atoms with E-state index in [0.29, 0.717) is 48.9 Å². The highest BCUT2D eigenvalue weighted by atomic mass is 16.3. The maximum Gasteiger partial charge on any atom is 0.246 e. The first-order valence-electron chi connectivity index (χ1n) is 20.3. The van der Waals surface area contributed by atoms with E-state index in [-0.39, 0.29) is 43.7 Å². The number of nitrogens with one attached hydrogen (secondary N) is 5. The second-order valence-corrected chi connectivity index (χ2v) is 15.1. The van der Waals surface area contributed by atoms with Gasteiger partial charge in [-0.05, 0) is 92.9 Å². The first-order chi connectivity index (χ1) is 29.1. The summed E-state index contributed by atoms with van der Waals surface area (Å²) in [7, 11) is 0. The van der Waals surface area contributed by atoms with Gasteiger partial charge >= 0.3 is 0 Å². The smallest absolute Gasteiger partial charge is 0.246 e. The van der Waals surface area contributed by atoms with Crippen molar-refractivity contribution < 1.29 is 43.8 Å². The van der Waals surface area contributed by atoms with Gasteiger partial charge in [-0.3, -0.25) is 33.6 Å². The molecule has 4 rings (SSSR count). The molecule has 18 nitrogen and oxygen atoms in total. The van der Waals surface area contributed by atoms with Gasteiger partial charge in [-0.15, -0.1) is 0 Å². The molecule has 0 spiro atoms. The maximum absolute atomic E-state index is 14.1. The third kappa shape index (κ3) is 14.9. The van der Waals surface area contributed by atoms with E-state index >= 15 is 0 Å². The van der Waals surface area contributed by atoms with Crippen molar-refractivity contribution in [3.63, 3.8) is 0 Å². The van der Waals surface area contributed by atoms with E-state index in [4.69, 9.17) is 17.2 Å².